The molecule has 2 unspecified atom stereocenters. The highest BCUT2D eigenvalue weighted by atomic mass is 79.9. The van der Waals surface area contributed by atoms with Crippen molar-refractivity contribution in [1.82, 2.24) is 0 Å². The Morgan fingerprint density at radius 2 is 2.24 bits per heavy atom. The van der Waals surface area contributed by atoms with Crippen LogP contribution in [0.15, 0.2) is 16.6 Å². The van der Waals surface area contributed by atoms with Crippen molar-refractivity contribution in [3.8, 4) is 5.75 Å². The van der Waals surface area contributed by atoms with Gasteiger partial charge in [-0.25, -0.2) is 0 Å². The molecule has 0 saturated carbocycles. The van der Waals surface area contributed by atoms with Gasteiger partial charge in [0.2, 0.25) is 0 Å². The van der Waals surface area contributed by atoms with Gasteiger partial charge >= 0.3 is 0 Å². The lowest BCUT2D eigenvalue weighted by atomic mass is 9.93. The number of hydrogen-bond donors (Lipinski definition) is 1. The van der Waals surface area contributed by atoms with E-state index in [1.807, 2.05) is 0 Å². The van der Waals surface area contributed by atoms with Crippen molar-refractivity contribution < 1.29 is 4.74 Å². The van der Waals surface area contributed by atoms with Gasteiger partial charge in [-0.05, 0) is 30.0 Å². The molecule has 0 aliphatic carbocycles. The summed E-state index contributed by atoms with van der Waals surface area (Å²) in [5.41, 5.74) is 8.76. The molecule has 2 nitrogen and oxygen atoms in total. The quantitative estimate of drug-likeness (QED) is 0.917. The Morgan fingerprint density at radius 1 is 1.47 bits per heavy atom. The van der Waals surface area contributed by atoms with E-state index in [2.05, 4.69) is 41.9 Å². The van der Waals surface area contributed by atoms with Crippen molar-refractivity contribution in [3.05, 3.63) is 27.7 Å². The number of hydrogen-bond acceptors (Lipinski definition) is 2. The highest BCUT2D eigenvalue weighted by Crippen LogP contribution is 2.37. The summed E-state index contributed by atoms with van der Waals surface area (Å²) in [5.74, 6) is 1.69. The number of fused-ring (bicyclic) bond motifs is 1. The van der Waals surface area contributed by atoms with Crippen LogP contribution in [0.5, 0.6) is 5.75 Å². The average molecular weight is 298 g/mol. The summed E-state index contributed by atoms with van der Waals surface area (Å²) < 4.78 is 6.83. The van der Waals surface area contributed by atoms with Crippen molar-refractivity contribution in [2.75, 3.05) is 6.61 Å². The molecule has 1 aromatic carbocycles. The lowest BCUT2D eigenvalue weighted by Gasteiger charge is -2.19. The zero-order chi connectivity index (χ0) is 12.4. The summed E-state index contributed by atoms with van der Waals surface area (Å²) in [7, 11) is 0. The Balaban J connectivity index is 2.25. The largest absolute Gasteiger partial charge is 0.493 e. The lowest BCUT2D eigenvalue weighted by molar-refractivity contribution is 0.347. The molecule has 0 amide bonds. The van der Waals surface area contributed by atoms with Crippen molar-refractivity contribution in [3.63, 3.8) is 0 Å². The molecule has 0 aromatic heterocycles. The van der Waals surface area contributed by atoms with Crippen LogP contribution in [-0.2, 0) is 6.42 Å². The van der Waals surface area contributed by atoms with E-state index < -0.39 is 0 Å². The molecule has 0 bridgehead atoms. The van der Waals surface area contributed by atoms with Gasteiger partial charge in [0.05, 0.1) is 6.61 Å². The molecular formula is C14H20BrNO. The standard InChI is InChI=1S/C14H20BrNO/c1-3-9(2)6-13(16)12-8-11(15)7-10-4-5-17-14(10)12/h7-9,13H,3-6,16H2,1-2H3. The Morgan fingerprint density at radius 3 is 2.94 bits per heavy atom. The normalized spacial score (nSPS) is 17.4. The van der Waals surface area contributed by atoms with E-state index in [-0.39, 0.29) is 6.04 Å². The summed E-state index contributed by atoms with van der Waals surface area (Å²) in [6, 6.07) is 4.33. The minimum Gasteiger partial charge on any atom is -0.493 e. The van der Waals surface area contributed by atoms with Crippen molar-refractivity contribution in [2.24, 2.45) is 11.7 Å². The van der Waals surface area contributed by atoms with E-state index >= 15 is 0 Å². The monoisotopic (exact) mass is 297 g/mol. The fourth-order valence-electron chi connectivity index (χ4n) is 2.30. The maximum atomic E-state index is 6.31. The second kappa shape index (κ2) is 5.40. The molecule has 0 saturated heterocycles. The third-order valence-electron chi connectivity index (χ3n) is 3.53. The molecule has 1 aliphatic heterocycles. The first-order chi connectivity index (χ1) is 8.11. The molecule has 2 atom stereocenters. The number of halogens is 1. The average Bonchev–Trinajstić information content (AvgIpc) is 2.75. The van der Waals surface area contributed by atoms with Crippen molar-refractivity contribution in [1.29, 1.82) is 0 Å². The Kier molecular flexibility index (Phi) is 4.10. The molecule has 2 rings (SSSR count). The van der Waals surface area contributed by atoms with Crippen LogP contribution in [0.1, 0.15) is 43.9 Å². The predicted molar refractivity (Wildman–Crippen MR) is 74.3 cm³/mol. The van der Waals surface area contributed by atoms with Crippen LogP contribution in [0.25, 0.3) is 0 Å². The second-order valence-electron chi connectivity index (χ2n) is 4.94. The molecule has 2 N–H and O–H groups in total. The Hall–Kier alpha value is -0.540. The highest BCUT2D eigenvalue weighted by molar-refractivity contribution is 9.10. The van der Waals surface area contributed by atoms with E-state index in [9.17, 15) is 0 Å². The summed E-state index contributed by atoms with van der Waals surface area (Å²) >= 11 is 3.56. The van der Waals surface area contributed by atoms with E-state index in [0.29, 0.717) is 5.92 Å². The van der Waals surface area contributed by atoms with Crippen LogP contribution in [0.3, 0.4) is 0 Å². The van der Waals surface area contributed by atoms with Gasteiger partial charge in [0, 0.05) is 22.5 Å². The smallest absolute Gasteiger partial charge is 0.127 e. The van der Waals surface area contributed by atoms with Gasteiger partial charge in [-0.2, -0.15) is 0 Å². The maximum absolute atomic E-state index is 6.31. The Bertz CT molecular complexity index is 405. The van der Waals surface area contributed by atoms with Crippen LogP contribution < -0.4 is 10.5 Å². The summed E-state index contributed by atoms with van der Waals surface area (Å²) in [6.07, 6.45) is 3.19. The van der Waals surface area contributed by atoms with Crippen LogP contribution in [-0.4, -0.2) is 6.61 Å². The first-order valence-corrected chi connectivity index (χ1v) is 7.11. The third-order valence-corrected chi connectivity index (χ3v) is 3.99. The summed E-state index contributed by atoms with van der Waals surface area (Å²) in [4.78, 5) is 0. The molecule has 17 heavy (non-hydrogen) atoms. The summed E-state index contributed by atoms with van der Waals surface area (Å²) in [6.45, 7) is 5.24. The molecular weight excluding hydrogens is 278 g/mol. The SMILES string of the molecule is CCC(C)CC(N)c1cc(Br)cc2c1OCC2. The minimum absolute atomic E-state index is 0.0781. The number of benzene rings is 1. The van der Waals surface area contributed by atoms with Gasteiger partial charge < -0.3 is 10.5 Å². The van der Waals surface area contributed by atoms with Crippen LogP contribution in [0.2, 0.25) is 0 Å². The molecule has 0 fully saturated rings. The molecule has 94 valence electrons. The van der Waals surface area contributed by atoms with Crippen LogP contribution in [0, 0.1) is 5.92 Å². The third kappa shape index (κ3) is 2.83. The van der Waals surface area contributed by atoms with Crippen molar-refractivity contribution >= 4 is 15.9 Å². The zero-order valence-electron chi connectivity index (χ0n) is 10.5. The number of ether oxygens (including phenoxy) is 1. The van der Waals surface area contributed by atoms with Crippen LogP contribution in [0.4, 0.5) is 0 Å². The molecule has 1 aromatic rings. The molecule has 0 spiro atoms. The number of rotatable bonds is 4. The van der Waals surface area contributed by atoms with Gasteiger partial charge in [-0.3, -0.25) is 0 Å². The first kappa shape index (κ1) is 12.9. The zero-order valence-corrected chi connectivity index (χ0v) is 12.1. The van der Waals surface area contributed by atoms with Gasteiger partial charge in [0.1, 0.15) is 5.75 Å². The Labute approximate surface area is 112 Å². The van der Waals surface area contributed by atoms with Gasteiger partial charge in [0.25, 0.3) is 0 Å². The second-order valence-corrected chi connectivity index (χ2v) is 5.85. The minimum atomic E-state index is 0.0781. The van der Waals surface area contributed by atoms with E-state index in [0.717, 1.165) is 35.2 Å². The number of nitrogens with two attached hydrogens (primary N) is 1. The maximum Gasteiger partial charge on any atom is 0.127 e. The fraction of sp³-hybridized carbons (Fsp3) is 0.571. The van der Waals surface area contributed by atoms with Gasteiger partial charge in [-0.1, -0.05) is 36.2 Å². The van der Waals surface area contributed by atoms with Gasteiger partial charge in [0.15, 0.2) is 0 Å². The van der Waals surface area contributed by atoms with Crippen molar-refractivity contribution in [2.45, 2.75) is 39.2 Å². The van der Waals surface area contributed by atoms with Gasteiger partial charge in [-0.15, -0.1) is 0 Å². The summed E-state index contributed by atoms with van der Waals surface area (Å²) in [5, 5.41) is 0. The fourth-order valence-corrected chi connectivity index (χ4v) is 2.82. The predicted octanol–water partition coefficient (Wildman–Crippen LogP) is 3.82. The van der Waals surface area contributed by atoms with E-state index in [1.165, 1.54) is 12.0 Å². The van der Waals surface area contributed by atoms with E-state index in [1.54, 1.807) is 0 Å². The molecule has 1 heterocycles. The first-order valence-electron chi connectivity index (χ1n) is 6.32. The molecule has 1 aliphatic rings. The topological polar surface area (TPSA) is 35.2 Å². The van der Waals surface area contributed by atoms with Crippen LogP contribution >= 0.6 is 15.9 Å². The molecule has 0 radical (unpaired) electrons. The lowest BCUT2D eigenvalue weighted by Crippen LogP contribution is -2.15. The molecule has 3 heteroatoms. The highest BCUT2D eigenvalue weighted by Gasteiger charge is 2.22. The van der Waals surface area contributed by atoms with E-state index in [4.69, 9.17) is 10.5 Å².